The molecular weight excluding hydrogens is 292 g/mol. The predicted molar refractivity (Wildman–Crippen MR) is 79.2 cm³/mol. The number of hydrogen-bond acceptors (Lipinski definition) is 5. The normalized spacial score (nSPS) is 11.7. The molecule has 1 aromatic carbocycles. The number of amides is 1. The summed E-state index contributed by atoms with van der Waals surface area (Å²) in [4.78, 5) is 27.7. The molecule has 0 spiro atoms. The molecule has 7 heteroatoms. The largest absolute Gasteiger partial charge is 0.495 e. The SMILES string of the molecule is CCC(=O)N=c1sc2cccc(OC)c2n1CC(=O)OC. The molecule has 2 aromatic rings. The Morgan fingerprint density at radius 3 is 2.71 bits per heavy atom. The summed E-state index contributed by atoms with van der Waals surface area (Å²) < 4.78 is 12.6. The second-order valence-electron chi connectivity index (χ2n) is 4.21. The van der Waals surface area contributed by atoms with Gasteiger partial charge in [0.2, 0.25) is 5.91 Å². The number of rotatable bonds is 4. The molecule has 0 fully saturated rings. The maximum atomic E-state index is 11.6. The van der Waals surface area contributed by atoms with Crippen molar-refractivity contribution in [3.63, 3.8) is 0 Å². The Bertz CT molecular complexity index is 745. The average molecular weight is 308 g/mol. The van der Waals surface area contributed by atoms with E-state index in [2.05, 4.69) is 4.99 Å². The van der Waals surface area contributed by atoms with Crippen LogP contribution < -0.4 is 9.54 Å². The molecule has 112 valence electrons. The number of hydrogen-bond donors (Lipinski definition) is 0. The van der Waals surface area contributed by atoms with Crippen molar-refractivity contribution in [2.24, 2.45) is 4.99 Å². The Kier molecular flexibility index (Phi) is 4.74. The molecule has 0 aliphatic heterocycles. The molecule has 1 heterocycles. The highest BCUT2D eigenvalue weighted by atomic mass is 32.1. The van der Waals surface area contributed by atoms with Crippen molar-refractivity contribution in [1.29, 1.82) is 0 Å². The van der Waals surface area contributed by atoms with E-state index in [4.69, 9.17) is 9.47 Å². The van der Waals surface area contributed by atoms with Crippen LogP contribution in [0.1, 0.15) is 13.3 Å². The first kappa shape index (κ1) is 15.2. The van der Waals surface area contributed by atoms with Gasteiger partial charge < -0.3 is 14.0 Å². The van der Waals surface area contributed by atoms with E-state index in [1.54, 1.807) is 24.7 Å². The second kappa shape index (κ2) is 6.53. The number of carbonyl (C=O) groups excluding carboxylic acids is 2. The first-order chi connectivity index (χ1) is 10.1. The molecule has 2 rings (SSSR count). The molecule has 0 bridgehead atoms. The first-order valence-corrected chi connectivity index (χ1v) is 7.23. The highest BCUT2D eigenvalue weighted by Gasteiger charge is 2.14. The third kappa shape index (κ3) is 3.13. The molecule has 1 amide bonds. The van der Waals surface area contributed by atoms with Crippen LogP contribution in [0, 0.1) is 0 Å². The number of ether oxygens (including phenoxy) is 2. The van der Waals surface area contributed by atoms with Gasteiger partial charge in [0, 0.05) is 6.42 Å². The Labute approximate surface area is 125 Å². The third-order valence-corrected chi connectivity index (χ3v) is 3.97. The molecule has 0 aliphatic carbocycles. The van der Waals surface area contributed by atoms with Crippen molar-refractivity contribution >= 4 is 33.4 Å². The van der Waals surface area contributed by atoms with Crippen molar-refractivity contribution in [3.8, 4) is 5.75 Å². The summed E-state index contributed by atoms with van der Waals surface area (Å²) >= 11 is 1.34. The van der Waals surface area contributed by atoms with Gasteiger partial charge in [-0.2, -0.15) is 4.99 Å². The summed E-state index contributed by atoms with van der Waals surface area (Å²) in [5.41, 5.74) is 0.734. The van der Waals surface area contributed by atoms with E-state index in [0.29, 0.717) is 17.0 Å². The third-order valence-electron chi connectivity index (χ3n) is 2.92. The van der Waals surface area contributed by atoms with Crippen molar-refractivity contribution in [2.45, 2.75) is 19.9 Å². The number of carbonyl (C=O) groups is 2. The standard InChI is InChI=1S/C14H16N2O4S/c1-4-11(17)15-14-16(8-12(18)20-3)13-9(19-2)6-5-7-10(13)21-14/h5-7H,4,8H2,1-3H3. The summed E-state index contributed by atoms with van der Waals surface area (Å²) in [5, 5.41) is 0. The van der Waals surface area contributed by atoms with Gasteiger partial charge in [0.05, 0.1) is 18.9 Å². The number of fused-ring (bicyclic) bond motifs is 1. The van der Waals surface area contributed by atoms with Gasteiger partial charge in [0.1, 0.15) is 17.8 Å². The summed E-state index contributed by atoms with van der Waals surface area (Å²) in [6.45, 7) is 1.72. The fourth-order valence-electron chi connectivity index (χ4n) is 1.87. The van der Waals surface area contributed by atoms with Crippen molar-refractivity contribution in [2.75, 3.05) is 14.2 Å². The lowest BCUT2D eigenvalue weighted by Crippen LogP contribution is -2.22. The zero-order valence-corrected chi connectivity index (χ0v) is 12.9. The van der Waals surface area contributed by atoms with Gasteiger partial charge in [0.15, 0.2) is 4.80 Å². The number of benzene rings is 1. The van der Waals surface area contributed by atoms with E-state index in [1.807, 2.05) is 12.1 Å². The number of aromatic nitrogens is 1. The zero-order valence-electron chi connectivity index (χ0n) is 12.1. The smallest absolute Gasteiger partial charge is 0.325 e. The van der Waals surface area contributed by atoms with Gasteiger partial charge >= 0.3 is 5.97 Å². The van der Waals surface area contributed by atoms with Gasteiger partial charge in [-0.3, -0.25) is 9.59 Å². The van der Waals surface area contributed by atoms with Crippen LogP contribution in [0.3, 0.4) is 0 Å². The van der Waals surface area contributed by atoms with Crippen molar-refractivity contribution < 1.29 is 19.1 Å². The second-order valence-corrected chi connectivity index (χ2v) is 5.22. The minimum absolute atomic E-state index is 0.0211. The summed E-state index contributed by atoms with van der Waals surface area (Å²) in [6.07, 6.45) is 0.309. The number of methoxy groups -OCH3 is 2. The van der Waals surface area contributed by atoms with Crippen LogP contribution in [-0.4, -0.2) is 30.7 Å². The van der Waals surface area contributed by atoms with Gasteiger partial charge in [-0.1, -0.05) is 24.3 Å². The molecule has 0 radical (unpaired) electrons. The lowest BCUT2D eigenvalue weighted by atomic mass is 10.3. The molecular formula is C14H16N2O4S. The topological polar surface area (TPSA) is 69.9 Å². The van der Waals surface area contributed by atoms with Gasteiger partial charge in [0.25, 0.3) is 0 Å². The molecule has 6 nitrogen and oxygen atoms in total. The fourth-order valence-corrected chi connectivity index (χ4v) is 2.94. The highest BCUT2D eigenvalue weighted by molar-refractivity contribution is 7.16. The molecule has 0 saturated carbocycles. The molecule has 0 unspecified atom stereocenters. The van der Waals surface area contributed by atoms with E-state index in [1.165, 1.54) is 18.4 Å². The summed E-state index contributed by atoms with van der Waals surface area (Å²) in [5.74, 6) is -0.0248. The van der Waals surface area contributed by atoms with Gasteiger partial charge in [-0.15, -0.1) is 0 Å². The molecule has 1 aromatic heterocycles. The number of para-hydroxylation sites is 1. The lowest BCUT2D eigenvalue weighted by Gasteiger charge is -2.07. The summed E-state index contributed by atoms with van der Waals surface area (Å²) in [7, 11) is 2.88. The molecule has 0 atom stereocenters. The molecule has 0 N–H and O–H groups in total. The van der Waals surface area contributed by atoms with Gasteiger partial charge in [-0.25, -0.2) is 0 Å². The Morgan fingerprint density at radius 1 is 1.33 bits per heavy atom. The number of esters is 1. The minimum Gasteiger partial charge on any atom is -0.495 e. The van der Waals surface area contributed by atoms with Crippen LogP contribution in [0.4, 0.5) is 0 Å². The van der Waals surface area contributed by atoms with E-state index in [9.17, 15) is 9.59 Å². The lowest BCUT2D eigenvalue weighted by molar-refractivity contribution is -0.141. The summed E-state index contributed by atoms with van der Waals surface area (Å²) in [6, 6.07) is 5.55. The maximum absolute atomic E-state index is 11.6. The Balaban J connectivity index is 2.73. The maximum Gasteiger partial charge on any atom is 0.325 e. The fraction of sp³-hybridized carbons (Fsp3) is 0.357. The Morgan fingerprint density at radius 2 is 2.10 bits per heavy atom. The minimum atomic E-state index is -0.411. The van der Waals surface area contributed by atoms with E-state index in [-0.39, 0.29) is 12.5 Å². The predicted octanol–water partition coefficient (Wildman–Crippen LogP) is 1.72. The van der Waals surface area contributed by atoms with Crippen molar-refractivity contribution in [3.05, 3.63) is 23.0 Å². The number of thiazole rings is 1. The van der Waals surface area contributed by atoms with Gasteiger partial charge in [-0.05, 0) is 12.1 Å². The highest BCUT2D eigenvalue weighted by Crippen LogP contribution is 2.27. The van der Waals surface area contributed by atoms with E-state index in [0.717, 1.165) is 10.2 Å². The van der Waals surface area contributed by atoms with Crippen LogP contribution >= 0.6 is 11.3 Å². The first-order valence-electron chi connectivity index (χ1n) is 6.41. The molecule has 0 aliphatic rings. The van der Waals surface area contributed by atoms with Crippen LogP contribution in [-0.2, 0) is 20.9 Å². The van der Waals surface area contributed by atoms with Crippen LogP contribution in [0.5, 0.6) is 5.75 Å². The molecule has 21 heavy (non-hydrogen) atoms. The van der Waals surface area contributed by atoms with E-state index < -0.39 is 5.97 Å². The quantitative estimate of drug-likeness (QED) is 0.806. The molecule has 0 saturated heterocycles. The van der Waals surface area contributed by atoms with Crippen molar-refractivity contribution in [1.82, 2.24) is 4.57 Å². The Hall–Kier alpha value is -2.15. The van der Waals surface area contributed by atoms with E-state index >= 15 is 0 Å². The van der Waals surface area contributed by atoms with Crippen LogP contribution in [0.25, 0.3) is 10.2 Å². The average Bonchev–Trinajstić information content (AvgIpc) is 2.84. The van der Waals surface area contributed by atoms with Crippen LogP contribution in [0.2, 0.25) is 0 Å². The van der Waals surface area contributed by atoms with Crippen LogP contribution in [0.15, 0.2) is 23.2 Å². The monoisotopic (exact) mass is 308 g/mol. The zero-order chi connectivity index (χ0) is 15.4. The number of nitrogens with zero attached hydrogens (tertiary/aromatic N) is 2.